The first-order valence-electron chi connectivity index (χ1n) is 15.5. The zero-order valence-corrected chi connectivity index (χ0v) is 25.5. The number of hydrogen-bond acceptors (Lipinski definition) is 3. The van der Waals surface area contributed by atoms with Crippen LogP contribution in [0.5, 0.6) is 0 Å². The second kappa shape index (κ2) is 9.83. The normalized spacial score (nSPS) is 11.9. The van der Waals surface area contributed by atoms with Crippen molar-refractivity contribution < 1.29 is 4.42 Å². The van der Waals surface area contributed by atoms with Gasteiger partial charge in [0.1, 0.15) is 11.2 Å². The fraction of sp³-hybridized carbons (Fsp3) is 0. The molecule has 0 saturated heterocycles. The SMILES string of the molecule is c1ccc(-n2c3ccccc3c3cc(N(c4ccc5c(c4)oc4ccccc45)c4ccc5c(c4)sc4ccccc45)ccc32)cc1. The molecule has 0 spiro atoms. The van der Waals surface area contributed by atoms with E-state index in [1.807, 2.05) is 23.5 Å². The minimum absolute atomic E-state index is 0.883. The topological polar surface area (TPSA) is 21.3 Å². The summed E-state index contributed by atoms with van der Waals surface area (Å²) in [5, 5.41) is 7.31. The Morgan fingerprint density at radius 3 is 1.91 bits per heavy atom. The highest BCUT2D eigenvalue weighted by molar-refractivity contribution is 7.25. The zero-order chi connectivity index (χ0) is 30.2. The number of para-hydroxylation sites is 3. The van der Waals surface area contributed by atoms with E-state index in [9.17, 15) is 0 Å². The second-order valence-corrected chi connectivity index (χ2v) is 12.9. The minimum atomic E-state index is 0.883. The Bertz CT molecular complexity index is 2650. The van der Waals surface area contributed by atoms with Crippen molar-refractivity contribution in [2.24, 2.45) is 0 Å². The van der Waals surface area contributed by atoms with E-state index in [4.69, 9.17) is 4.42 Å². The largest absolute Gasteiger partial charge is 0.456 e. The number of rotatable bonds is 4. The van der Waals surface area contributed by atoms with Crippen LogP contribution in [0, 0.1) is 0 Å². The van der Waals surface area contributed by atoms with Gasteiger partial charge in [0.05, 0.1) is 11.0 Å². The van der Waals surface area contributed by atoms with Gasteiger partial charge in [0.15, 0.2) is 0 Å². The third-order valence-corrected chi connectivity index (χ3v) is 10.3. The van der Waals surface area contributed by atoms with Gasteiger partial charge in [-0.15, -0.1) is 11.3 Å². The maximum atomic E-state index is 6.38. The molecule has 0 aliphatic carbocycles. The van der Waals surface area contributed by atoms with E-state index in [1.165, 1.54) is 42.0 Å². The summed E-state index contributed by atoms with van der Waals surface area (Å²) in [6.45, 7) is 0. The van der Waals surface area contributed by atoms with Crippen LogP contribution >= 0.6 is 11.3 Å². The number of fused-ring (bicyclic) bond motifs is 9. The zero-order valence-electron chi connectivity index (χ0n) is 24.7. The molecule has 0 amide bonds. The van der Waals surface area contributed by atoms with Gasteiger partial charge in [0.25, 0.3) is 0 Å². The standard InChI is InChI=1S/C42H26N2OS/c1-2-10-27(11-3-1)44-37-15-7-4-12-31(37)36-24-28(20-23-38(36)44)43(29-18-21-33-32-13-5-8-16-39(32)45-40(33)25-29)30-19-22-35-34-14-6-9-17-41(34)46-42(35)26-30/h1-26H. The van der Waals surface area contributed by atoms with Crippen molar-refractivity contribution in [2.75, 3.05) is 4.90 Å². The summed E-state index contributed by atoms with van der Waals surface area (Å²) in [4.78, 5) is 2.37. The highest BCUT2D eigenvalue weighted by atomic mass is 32.1. The first-order chi connectivity index (χ1) is 22.8. The molecular formula is C42H26N2OS. The van der Waals surface area contributed by atoms with Crippen LogP contribution in [0.1, 0.15) is 0 Å². The van der Waals surface area contributed by atoms with Crippen molar-refractivity contribution in [1.29, 1.82) is 0 Å². The summed E-state index contributed by atoms with van der Waals surface area (Å²) in [6.07, 6.45) is 0. The van der Waals surface area contributed by atoms with Crippen LogP contribution in [0.4, 0.5) is 17.1 Å². The van der Waals surface area contributed by atoms with E-state index in [1.54, 1.807) is 0 Å². The lowest BCUT2D eigenvalue weighted by atomic mass is 10.1. The summed E-state index contributed by atoms with van der Waals surface area (Å²) in [5.74, 6) is 0. The first-order valence-corrected chi connectivity index (χ1v) is 16.3. The Kier molecular flexibility index (Phi) is 5.45. The van der Waals surface area contributed by atoms with Gasteiger partial charge in [0, 0.05) is 70.5 Å². The summed E-state index contributed by atoms with van der Waals surface area (Å²) in [5.41, 5.74) is 8.59. The number of hydrogen-bond donors (Lipinski definition) is 0. The average molecular weight is 607 g/mol. The summed E-state index contributed by atoms with van der Waals surface area (Å²) >= 11 is 1.85. The van der Waals surface area contributed by atoms with Gasteiger partial charge in [-0.25, -0.2) is 0 Å². The highest BCUT2D eigenvalue weighted by Gasteiger charge is 2.19. The van der Waals surface area contributed by atoms with Crippen molar-refractivity contribution in [3.63, 3.8) is 0 Å². The van der Waals surface area contributed by atoms with Crippen molar-refractivity contribution in [3.05, 3.63) is 158 Å². The van der Waals surface area contributed by atoms with Crippen LogP contribution in [0.25, 0.3) is 69.6 Å². The molecule has 10 rings (SSSR count). The van der Waals surface area contributed by atoms with Crippen LogP contribution in [0.15, 0.2) is 162 Å². The Morgan fingerprint density at radius 1 is 0.413 bits per heavy atom. The first kappa shape index (κ1) is 25.5. The third-order valence-electron chi connectivity index (χ3n) is 9.17. The monoisotopic (exact) mass is 606 g/mol. The molecule has 4 heteroatoms. The Morgan fingerprint density at radius 2 is 1.02 bits per heavy atom. The quantitative estimate of drug-likeness (QED) is 0.199. The average Bonchev–Trinajstić information content (AvgIpc) is 3.77. The molecular weight excluding hydrogens is 581 g/mol. The predicted octanol–water partition coefficient (Wildman–Crippen LogP) is 12.5. The maximum absolute atomic E-state index is 6.38. The molecule has 0 aliphatic rings. The lowest BCUT2D eigenvalue weighted by molar-refractivity contribution is 0.669. The van der Waals surface area contributed by atoms with Gasteiger partial charge in [-0.1, -0.05) is 78.9 Å². The minimum Gasteiger partial charge on any atom is -0.456 e. The fourth-order valence-corrected chi connectivity index (χ4v) is 8.25. The van der Waals surface area contributed by atoms with Crippen LogP contribution in [-0.4, -0.2) is 4.57 Å². The van der Waals surface area contributed by atoms with Crippen LogP contribution < -0.4 is 4.90 Å². The molecule has 0 saturated carbocycles. The highest BCUT2D eigenvalue weighted by Crippen LogP contribution is 2.44. The van der Waals surface area contributed by atoms with Gasteiger partial charge in [-0.2, -0.15) is 0 Å². The van der Waals surface area contributed by atoms with E-state index in [-0.39, 0.29) is 0 Å². The molecule has 0 atom stereocenters. The molecule has 10 aromatic rings. The Labute approximate surface area is 268 Å². The van der Waals surface area contributed by atoms with Gasteiger partial charge >= 0.3 is 0 Å². The number of thiophene rings is 1. The van der Waals surface area contributed by atoms with Crippen molar-refractivity contribution in [3.8, 4) is 5.69 Å². The van der Waals surface area contributed by atoms with Crippen LogP contribution in [-0.2, 0) is 0 Å². The third kappa shape index (κ3) is 3.77. The molecule has 0 N–H and O–H groups in total. The van der Waals surface area contributed by atoms with Gasteiger partial charge in [-0.3, -0.25) is 0 Å². The summed E-state index contributed by atoms with van der Waals surface area (Å²) in [6, 6.07) is 56.6. The molecule has 3 heterocycles. The number of anilines is 3. The molecule has 0 radical (unpaired) electrons. The smallest absolute Gasteiger partial charge is 0.137 e. The van der Waals surface area contributed by atoms with Gasteiger partial charge < -0.3 is 13.9 Å². The molecule has 0 aliphatic heterocycles. The number of benzene rings is 7. The fourth-order valence-electron chi connectivity index (χ4n) is 7.11. The Hall–Kier alpha value is -5.84. The van der Waals surface area contributed by atoms with Gasteiger partial charge in [-0.05, 0) is 72.8 Å². The number of furan rings is 1. The van der Waals surface area contributed by atoms with Gasteiger partial charge in [0.2, 0.25) is 0 Å². The molecule has 3 nitrogen and oxygen atoms in total. The summed E-state index contributed by atoms with van der Waals surface area (Å²) in [7, 11) is 0. The molecule has 216 valence electrons. The van der Waals surface area contributed by atoms with E-state index in [0.29, 0.717) is 0 Å². The van der Waals surface area contributed by atoms with Crippen LogP contribution in [0.2, 0.25) is 0 Å². The van der Waals surface area contributed by atoms with E-state index in [0.717, 1.165) is 44.7 Å². The van der Waals surface area contributed by atoms with E-state index in [2.05, 4.69) is 155 Å². The second-order valence-electron chi connectivity index (χ2n) is 11.8. The summed E-state index contributed by atoms with van der Waals surface area (Å²) < 4.78 is 11.3. The maximum Gasteiger partial charge on any atom is 0.137 e. The Balaban J connectivity index is 1.23. The molecule has 0 bridgehead atoms. The molecule has 3 aromatic heterocycles. The van der Waals surface area contributed by atoms with Crippen molar-refractivity contribution in [1.82, 2.24) is 4.57 Å². The lowest BCUT2D eigenvalue weighted by Gasteiger charge is -2.26. The predicted molar refractivity (Wildman–Crippen MR) is 196 cm³/mol. The van der Waals surface area contributed by atoms with E-state index >= 15 is 0 Å². The van der Waals surface area contributed by atoms with Crippen molar-refractivity contribution >= 4 is 92.3 Å². The molecule has 0 fully saturated rings. The number of aromatic nitrogens is 1. The van der Waals surface area contributed by atoms with E-state index < -0.39 is 0 Å². The molecule has 46 heavy (non-hydrogen) atoms. The molecule has 7 aromatic carbocycles. The number of nitrogens with zero attached hydrogens (tertiary/aromatic N) is 2. The van der Waals surface area contributed by atoms with Crippen molar-refractivity contribution in [2.45, 2.75) is 0 Å². The lowest BCUT2D eigenvalue weighted by Crippen LogP contribution is -2.09. The molecule has 0 unspecified atom stereocenters. The van der Waals surface area contributed by atoms with Crippen LogP contribution in [0.3, 0.4) is 0 Å².